The number of aliphatic hydroxyl groups is 1. The quantitative estimate of drug-likeness (QED) is 0.0329. The molecule has 19 nitrogen and oxygen atoms in total. The smallest absolute Gasteiger partial charge is 0.326 e. The SMILES string of the molecule is CCCCCCCC(NC(=O)C(NC(=O)CCCCCNC(=O)C(C)Cc1ccc(O)cc1)C(C)O)C(=O)N1CCCC1C(=O)N1CCCC1C(=O)N[C@H](CCCN=C(N)N)C(=O)O. The molecule has 2 saturated heterocycles. The Morgan fingerprint density at radius 2 is 1.42 bits per heavy atom. The number of hydrogen-bond donors (Lipinski definition) is 9. The lowest BCUT2D eigenvalue weighted by atomic mass is 10.0. The van der Waals surface area contributed by atoms with Crippen LogP contribution in [0.5, 0.6) is 5.75 Å². The summed E-state index contributed by atoms with van der Waals surface area (Å²) in [5, 5.41) is 40.7. The normalized spacial score (nSPS) is 18.2. The molecule has 1 aromatic rings. The number of carboxylic acids is 1. The molecule has 6 unspecified atom stereocenters. The van der Waals surface area contributed by atoms with E-state index in [0.717, 1.165) is 31.2 Å². The number of carboxylic acid groups (broad SMARTS) is 1. The van der Waals surface area contributed by atoms with Crippen molar-refractivity contribution in [1.82, 2.24) is 31.1 Å². The number of rotatable bonds is 28. The van der Waals surface area contributed by atoms with Gasteiger partial charge >= 0.3 is 5.97 Å². The first kappa shape index (κ1) is 52.9. The van der Waals surface area contributed by atoms with Gasteiger partial charge in [-0.1, -0.05) is 64.5 Å². The molecule has 1 aromatic carbocycles. The number of nitrogens with one attached hydrogen (secondary N) is 4. The van der Waals surface area contributed by atoms with Gasteiger partial charge in [-0.15, -0.1) is 0 Å². The first-order valence-corrected chi connectivity index (χ1v) is 23.1. The van der Waals surface area contributed by atoms with E-state index in [1.54, 1.807) is 24.3 Å². The van der Waals surface area contributed by atoms with Gasteiger partial charge in [-0.05, 0) is 88.8 Å². The van der Waals surface area contributed by atoms with Crippen molar-refractivity contribution in [3.05, 3.63) is 29.8 Å². The van der Waals surface area contributed by atoms with Crippen molar-refractivity contribution in [2.75, 3.05) is 26.2 Å². The van der Waals surface area contributed by atoms with Crippen molar-refractivity contribution >= 4 is 47.4 Å². The zero-order valence-corrected chi connectivity index (χ0v) is 37.9. The molecule has 0 aliphatic carbocycles. The Balaban J connectivity index is 1.58. The van der Waals surface area contributed by atoms with Crippen molar-refractivity contribution in [2.24, 2.45) is 22.4 Å². The van der Waals surface area contributed by atoms with Crippen molar-refractivity contribution in [3.8, 4) is 5.75 Å². The highest BCUT2D eigenvalue weighted by atomic mass is 16.4. The summed E-state index contributed by atoms with van der Waals surface area (Å²) in [6.07, 6.45) is 7.76. The van der Waals surface area contributed by atoms with Crippen LogP contribution in [-0.4, -0.2) is 135 Å². The topological polar surface area (TPSA) is 299 Å². The Labute approximate surface area is 376 Å². The summed E-state index contributed by atoms with van der Waals surface area (Å²) in [5.74, 6) is -4.23. The number of guanidine groups is 1. The van der Waals surface area contributed by atoms with Gasteiger partial charge in [-0.25, -0.2) is 4.79 Å². The molecule has 2 aliphatic rings. The van der Waals surface area contributed by atoms with Gasteiger partial charge in [0.1, 0.15) is 36.0 Å². The molecule has 0 spiro atoms. The van der Waals surface area contributed by atoms with Crippen LogP contribution < -0.4 is 32.7 Å². The van der Waals surface area contributed by atoms with E-state index in [4.69, 9.17) is 11.5 Å². The first-order chi connectivity index (χ1) is 30.5. The maximum absolute atomic E-state index is 14.3. The largest absolute Gasteiger partial charge is 0.508 e. The number of aliphatic imine (C=N–C) groups is 1. The summed E-state index contributed by atoms with van der Waals surface area (Å²) in [5.41, 5.74) is 11.6. The number of aliphatic carboxylic acids is 1. The Kier molecular flexibility index (Phi) is 22.9. The number of aliphatic hydroxyl groups excluding tert-OH is 1. The highest BCUT2D eigenvalue weighted by Crippen LogP contribution is 2.27. The number of nitrogens with two attached hydrogens (primary N) is 2. The minimum atomic E-state index is -1.35. The van der Waals surface area contributed by atoms with Gasteiger partial charge < -0.3 is 57.9 Å². The fraction of sp³-hybridized carbons (Fsp3) is 0.689. The van der Waals surface area contributed by atoms with Crippen LogP contribution in [0.15, 0.2) is 29.3 Å². The van der Waals surface area contributed by atoms with Crippen LogP contribution in [0.4, 0.5) is 0 Å². The fourth-order valence-electron chi connectivity index (χ4n) is 8.18. The lowest BCUT2D eigenvalue weighted by molar-refractivity contribution is -0.149. The molecule has 7 atom stereocenters. The second kappa shape index (κ2) is 27.7. The number of phenolic OH excluding ortho intramolecular Hbond substituents is 1. The maximum Gasteiger partial charge on any atom is 0.326 e. The number of likely N-dealkylation sites (tertiary alicyclic amines) is 2. The molecule has 0 saturated carbocycles. The third kappa shape index (κ3) is 17.6. The molecule has 2 heterocycles. The fourth-order valence-corrected chi connectivity index (χ4v) is 8.18. The molecule has 64 heavy (non-hydrogen) atoms. The minimum Gasteiger partial charge on any atom is -0.508 e. The van der Waals surface area contributed by atoms with Gasteiger partial charge in [-0.3, -0.25) is 33.8 Å². The third-order valence-corrected chi connectivity index (χ3v) is 11.8. The van der Waals surface area contributed by atoms with Crippen molar-refractivity contribution < 1.29 is 48.9 Å². The Morgan fingerprint density at radius 3 is 2.08 bits per heavy atom. The molecule has 2 aliphatic heterocycles. The summed E-state index contributed by atoms with van der Waals surface area (Å²) in [6, 6.07) is 1.28. The number of carbonyl (C=O) groups excluding carboxylic acids is 6. The van der Waals surface area contributed by atoms with Gasteiger partial charge in [0.25, 0.3) is 0 Å². The van der Waals surface area contributed by atoms with E-state index in [-0.39, 0.29) is 62.4 Å². The predicted octanol–water partition coefficient (Wildman–Crippen LogP) is 1.56. The van der Waals surface area contributed by atoms with Gasteiger partial charge in [0.05, 0.1) is 6.10 Å². The average Bonchev–Trinajstić information content (AvgIpc) is 3.96. The van der Waals surface area contributed by atoms with Gasteiger partial charge in [-0.2, -0.15) is 0 Å². The number of unbranched alkanes of at least 4 members (excludes halogenated alkanes) is 6. The summed E-state index contributed by atoms with van der Waals surface area (Å²) in [6.45, 7) is 6.41. The highest BCUT2D eigenvalue weighted by Gasteiger charge is 2.44. The predicted molar refractivity (Wildman–Crippen MR) is 240 cm³/mol. The lowest BCUT2D eigenvalue weighted by Gasteiger charge is -2.33. The molecule has 6 amide bonds. The number of nitrogens with zero attached hydrogens (tertiary/aromatic N) is 3. The summed E-state index contributed by atoms with van der Waals surface area (Å²) >= 11 is 0. The van der Waals surface area contributed by atoms with Crippen LogP contribution in [0.25, 0.3) is 0 Å². The van der Waals surface area contributed by atoms with Gasteiger partial charge in [0, 0.05) is 38.5 Å². The van der Waals surface area contributed by atoms with Crippen LogP contribution in [0.2, 0.25) is 0 Å². The van der Waals surface area contributed by atoms with Crippen LogP contribution in [0, 0.1) is 5.92 Å². The molecule has 0 radical (unpaired) electrons. The highest BCUT2D eigenvalue weighted by molar-refractivity contribution is 5.96. The molecule has 3 rings (SSSR count). The van der Waals surface area contributed by atoms with E-state index in [1.165, 1.54) is 16.7 Å². The third-order valence-electron chi connectivity index (χ3n) is 11.8. The molecule has 0 bridgehead atoms. The molecule has 2 fully saturated rings. The Hall–Kier alpha value is -5.46. The van der Waals surface area contributed by atoms with Crippen LogP contribution in [0.1, 0.15) is 129 Å². The molecule has 358 valence electrons. The second-order valence-corrected chi connectivity index (χ2v) is 17.2. The number of hydrogen-bond acceptors (Lipinski definition) is 10. The van der Waals surface area contributed by atoms with Crippen molar-refractivity contribution in [1.29, 1.82) is 0 Å². The van der Waals surface area contributed by atoms with E-state index in [2.05, 4.69) is 33.2 Å². The van der Waals surface area contributed by atoms with E-state index in [9.17, 15) is 48.9 Å². The monoisotopic (exact) mass is 900 g/mol. The second-order valence-electron chi connectivity index (χ2n) is 17.2. The standard InChI is InChI=1S/C45H73N9O10/c1-4-5-6-7-9-15-33(50-41(60)38(30(3)55)52-37(57)19-10-8-11-24-48-39(58)29(2)28-31-20-22-32(56)23-21-31)42(61)54-27-14-18-36(54)43(62)53-26-13-17-35(53)40(59)51-34(44(63)64)16-12-25-49-45(46)47/h20-23,29-30,33-36,38,55-56H,4-19,24-28H2,1-3H3,(H,48,58)(H,50,60)(H,51,59)(H,52,57)(H,63,64)(H4,46,47,49)/t29?,30?,33?,34-,35?,36?,38?/m1/s1. The average molecular weight is 900 g/mol. The molecular formula is C45H73N9O10. The van der Waals surface area contributed by atoms with E-state index in [1.807, 2.05) is 6.92 Å². The number of phenols is 1. The lowest BCUT2D eigenvalue weighted by Crippen LogP contribution is -2.59. The number of amides is 6. The molecule has 0 aromatic heterocycles. The Bertz CT molecular complexity index is 1720. The van der Waals surface area contributed by atoms with Crippen molar-refractivity contribution in [2.45, 2.75) is 166 Å². The minimum absolute atomic E-state index is 0.0713. The van der Waals surface area contributed by atoms with Crippen molar-refractivity contribution in [3.63, 3.8) is 0 Å². The van der Waals surface area contributed by atoms with E-state index >= 15 is 0 Å². The van der Waals surface area contributed by atoms with Crippen LogP contribution >= 0.6 is 0 Å². The Morgan fingerprint density at radius 1 is 0.781 bits per heavy atom. The number of benzene rings is 1. The zero-order chi connectivity index (χ0) is 47.2. The van der Waals surface area contributed by atoms with Gasteiger partial charge in [0.2, 0.25) is 35.4 Å². The first-order valence-electron chi connectivity index (χ1n) is 23.1. The van der Waals surface area contributed by atoms with Gasteiger partial charge in [0.15, 0.2) is 5.96 Å². The van der Waals surface area contributed by atoms with E-state index < -0.39 is 71.8 Å². The van der Waals surface area contributed by atoms with E-state index in [0.29, 0.717) is 70.8 Å². The zero-order valence-electron chi connectivity index (χ0n) is 37.9. The molecular weight excluding hydrogens is 827 g/mol. The number of aromatic hydroxyl groups is 1. The summed E-state index contributed by atoms with van der Waals surface area (Å²) in [7, 11) is 0. The maximum atomic E-state index is 14.3. The van der Waals surface area contributed by atoms with Crippen LogP contribution in [-0.2, 0) is 40.0 Å². The molecule has 19 heteroatoms. The van der Waals surface area contributed by atoms with Crippen LogP contribution in [0.3, 0.4) is 0 Å². The summed E-state index contributed by atoms with van der Waals surface area (Å²) < 4.78 is 0. The number of carbonyl (C=O) groups is 7. The summed E-state index contributed by atoms with van der Waals surface area (Å²) in [4.78, 5) is 99.9. The molecule has 11 N–H and O–H groups in total.